The summed E-state index contributed by atoms with van der Waals surface area (Å²) < 4.78 is 7.99. The monoisotopic (exact) mass is 413 g/mol. The number of aromatic nitrogens is 4. The van der Waals surface area contributed by atoms with Gasteiger partial charge >= 0.3 is 0 Å². The number of rotatable bonds is 5. The Labute approximate surface area is 180 Å². The van der Waals surface area contributed by atoms with Gasteiger partial charge in [0.05, 0.1) is 5.69 Å². The van der Waals surface area contributed by atoms with Crippen molar-refractivity contribution in [3.8, 4) is 11.7 Å². The van der Waals surface area contributed by atoms with Gasteiger partial charge in [-0.1, -0.05) is 12.1 Å². The van der Waals surface area contributed by atoms with E-state index in [1.165, 1.54) is 0 Å². The lowest BCUT2D eigenvalue weighted by molar-refractivity contribution is 0.214. The average Bonchev–Trinajstić information content (AvgIpc) is 3.18. The molecular weight excluding hydrogens is 390 g/mol. The molecule has 0 aliphatic carbocycles. The van der Waals surface area contributed by atoms with Crippen LogP contribution in [0, 0.1) is 0 Å². The Hall–Kier alpha value is -3.55. The zero-order valence-corrected chi connectivity index (χ0v) is 17.0. The second kappa shape index (κ2) is 8.67. The third-order valence-electron chi connectivity index (χ3n) is 5.41. The SMILES string of the molecule is OC(c1ccc2c(c1)CN(Cc1cccn1-c1ncccn1)CCO2)c1ccccn1. The van der Waals surface area contributed by atoms with Gasteiger partial charge in [0.15, 0.2) is 0 Å². The van der Waals surface area contributed by atoms with Crippen LogP contribution in [0.1, 0.15) is 28.6 Å². The number of hydrogen-bond acceptors (Lipinski definition) is 6. The summed E-state index contributed by atoms with van der Waals surface area (Å²) >= 11 is 0. The second-order valence-electron chi connectivity index (χ2n) is 7.50. The molecule has 156 valence electrons. The minimum Gasteiger partial charge on any atom is -0.492 e. The number of nitrogens with zero attached hydrogens (tertiary/aromatic N) is 5. The molecule has 4 aromatic rings. The van der Waals surface area contributed by atoms with Gasteiger partial charge in [-0.3, -0.25) is 14.5 Å². The number of pyridine rings is 1. The molecular formula is C24H23N5O2. The van der Waals surface area contributed by atoms with Crippen molar-refractivity contribution in [2.75, 3.05) is 13.2 Å². The first kappa shape index (κ1) is 19.4. The standard InChI is InChI=1S/C24H23N5O2/c30-23(21-6-1-2-9-25-21)18-7-8-22-19(15-18)16-28(13-14-31-22)17-20-5-3-12-29(20)24-26-10-4-11-27-24/h1-12,15,23,30H,13-14,16-17H2. The van der Waals surface area contributed by atoms with E-state index in [2.05, 4.69) is 25.9 Å². The zero-order chi connectivity index (χ0) is 21.0. The molecule has 1 aromatic carbocycles. The smallest absolute Gasteiger partial charge is 0.233 e. The molecule has 7 nitrogen and oxygen atoms in total. The molecule has 1 N–H and O–H groups in total. The van der Waals surface area contributed by atoms with Gasteiger partial charge in [0, 0.05) is 55.7 Å². The van der Waals surface area contributed by atoms with Gasteiger partial charge in [0.25, 0.3) is 0 Å². The molecule has 1 aliphatic rings. The first-order valence-corrected chi connectivity index (χ1v) is 10.3. The van der Waals surface area contributed by atoms with Crippen molar-refractivity contribution in [3.05, 3.63) is 102 Å². The van der Waals surface area contributed by atoms with Crippen LogP contribution in [0.3, 0.4) is 0 Å². The van der Waals surface area contributed by atoms with Crippen LogP contribution in [0.25, 0.3) is 5.95 Å². The van der Waals surface area contributed by atoms with Crippen molar-refractivity contribution in [2.45, 2.75) is 19.2 Å². The Morgan fingerprint density at radius 1 is 0.968 bits per heavy atom. The number of aliphatic hydroxyl groups excluding tert-OH is 1. The number of aliphatic hydroxyl groups is 1. The maximum absolute atomic E-state index is 10.8. The van der Waals surface area contributed by atoms with Crippen LogP contribution >= 0.6 is 0 Å². The topological polar surface area (TPSA) is 76.3 Å². The summed E-state index contributed by atoms with van der Waals surface area (Å²) in [5.41, 5.74) is 3.61. The molecule has 1 atom stereocenters. The summed E-state index contributed by atoms with van der Waals surface area (Å²) in [6.07, 6.45) is 6.40. The van der Waals surface area contributed by atoms with Crippen molar-refractivity contribution < 1.29 is 9.84 Å². The summed E-state index contributed by atoms with van der Waals surface area (Å²) in [5.74, 6) is 1.52. The van der Waals surface area contributed by atoms with E-state index in [-0.39, 0.29) is 0 Å². The lowest BCUT2D eigenvalue weighted by Gasteiger charge is -2.20. The highest BCUT2D eigenvalue weighted by Crippen LogP contribution is 2.29. The lowest BCUT2D eigenvalue weighted by Crippen LogP contribution is -2.26. The third-order valence-corrected chi connectivity index (χ3v) is 5.41. The molecule has 3 aromatic heterocycles. The van der Waals surface area contributed by atoms with Crippen LogP contribution in [-0.2, 0) is 13.1 Å². The number of hydrogen-bond donors (Lipinski definition) is 1. The molecule has 0 amide bonds. The Kier molecular flexibility index (Phi) is 5.43. The molecule has 31 heavy (non-hydrogen) atoms. The second-order valence-corrected chi connectivity index (χ2v) is 7.50. The van der Waals surface area contributed by atoms with Gasteiger partial charge in [-0.25, -0.2) is 9.97 Å². The Morgan fingerprint density at radius 2 is 1.84 bits per heavy atom. The van der Waals surface area contributed by atoms with Crippen molar-refractivity contribution in [3.63, 3.8) is 0 Å². The number of fused-ring (bicyclic) bond motifs is 1. The lowest BCUT2D eigenvalue weighted by atomic mass is 10.0. The number of ether oxygens (including phenoxy) is 1. The molecule has 4 heterocycles. The van der Waals surface area contributed by atoms with Gasteiger partial charge in [0.2, 0.25) is 5.95 Å². The predicted molar refractivity (Wildman–Crippen MR) is 116 cm³/mol. The molecule has 5 rings (SSSR count). The van der Waals surface area contributed by atoms with Crippen molar-refractivity contribution in [1.29, 1.82) is 0 Å². The van der Waals surface area contributed by atoms with Crippen molar-refractivity contribution in [1.82, 2.24) is 24.4 Å². The van der Waals surface area contributed by atoms with Crippen molar-refractivity contribution >= 4 is 0 Å². The maximum Gasteiger partial charge on any atom is 0.233 e. The Balaban J connectivity index is 1.38. The Morgan fingerprint density at radius 3 is 2.68 bits per heavy atom. The Bertz CT molecular complexity index is 1150. The van der Waals surface area contributed by atoms with E-state index in [0.717, 1.165) is 42.2 Å². The molecule has 7 heteroatoms. The van der Waals surface area contributed by atoms with Gasteiger partial charge in [-0.2, -0.15) is 0 Å². The fourth-order valence-corrected chi connectivity index (χ4v) is 3.87. The van der Waals surface area contributed by atoms with E-state index < -0.39 is 6.10 Å². The van der Waals surface area contributed by atoms with E-state index in [1.807, 2.05) is 59.3 Å². The minimum absolute atomic E-state index is 0.609. The maximum atomic E-state index is 10.8. The first-order valence-electron chi connectivity index (χ1n) is 10.3. The van der Waals surface area contributed by atoms with Gasteiger partial charge < -0.3 is 9.84 Å². The minimum atomic E-state index is -0.768. The van der Waals surface area contributed by atoms with Gasteiger partial charge in [0.1, 0.15) is 18.5 Å². The van der Waals surface area contributed by atoms with E-state index in [4.69, 9.17) is 4.74 Å². The first-order chi connectivity index (χ1) is 15.3. The molecule has 0 saturated heterocycles. The quantitative estimate of drug-likeness (QED) is 0.542. The summed E-state index contributed by atoms with van der Waals surface area (Å²) in [5, 5.41) is 10.8. The van der Waals surface area contributed by atoms with Crippen LogP contribution < -0.4 is 4.74 Å². The van der Waals surface area contributed by atoms with Crippen LogP contribution in [0.15, 0.2) is 79.4 Å². The normalized spacial score (nSPS) is 15.0. The molecule has 1 unspecified atom stereocenters. The fourth-order valence-electron chi connectivity index (χ4n) is 3.87. The van der Waals surface area contributed by atoms with Crippen LogP contribution in [0.4, 0.5) is 0 Å². The molecule has 0 fully saturated rings. The molecule has 0 bridgehead atoms. The highest BCUT2D eigenvalue weighted by molar-refractivity contribution is 5.40. The highest BCUT2D eigenvalue weighted by Gasteiger charge is 2.20. The third kappa shape index (κ3) is 4.19. The summed E-state index contributed by atoms with van der Waals surface area (Å²) in [4.78, 5) is 15.3. The van der Waals surface area contributed by atoms with Crippen LogP contribution in [0.5, 0.6) is 5.75 Å². The van der Waals surface area contributed by atoms with E-state index in [9.17, 15) is 5.11 Å². The molecule has 0 radical (unpaired) electrons. The fraction of sp³-hybridized carbons (Fsp3) is 0.208. The highest BCUT2D eigenvalue weighted by atomic mass is 16.5. The molecule has 1 aliphatic heterocycles. The molecule has 0 saturated carbocycles. The molecule has 0 spiro atoms. The van der Waals surface area contributed by atoms with E-state index in [1.54, 1.807) is 18.6 Å². The van der Waals surface area contributed by atoms with Crippen LogP contribution in [-0.4, -0.2) is 42.7 Å². The van der Waals surface area contributed by atoms with E-state index >= 15 is 0 Å². The number of benzene rings is 1. The predicted octanol–water partition coefficient (Wildman–Crippen LogP) is 3.14. The summed E-state index contributed by atoms with van der Waals surface area (Å²) in [6, 6.07) is 17.3. The van der Waals surface area contributed by atoms with Gasteiger partial charge in [-0.15, -0.1) is 0 Å². The van der Waals surface area contributed by atoms with Crippen molar-refractivity contribution in [2.24, 2.45) is 0 Å². The average molecular weight is 413 g/mol. The largest absolute Gasteiger partial charge is 0.492 e. The summed E-state index contributed by atoms with van der Waals surface area (Å²) in [7, 11) is 0. The van der Waals surface area contributed by atoms with Crippen LogP contribution in [0.2, 0.25) is 0 Å². The summed E-state index contributed by atoms with van der Waals surface area (Å²) in [6.45, 7) is 2.87. The zero-order valence-electron chi connectivity index (χ0n) is 17.0. The van der Waals surface area contributed by atoms with Gasteiger partial charge in [-0.05, 0) is 48.0 Å². The van der Waals surface area contributed by atoms with E-state index in [0.29, 0.717) is 18.2 Å².